The van der Waals surface area contributed by atoms with Crippen molar-refractivity contribution in [2.24, 2.45) is 5.92 Å². The smallest absolute Gasteiger partial charge is 0.308 e. The molecule has 0 aromatic carbocycles. The van der Waals surface area contributed by atoms with Gasteiger partial charge in [0.25, 0.3) is 0 Å². The molecule has 476 valence electrons. The van der Waals surface area contributed by atoms with Crippen molar-refractivity contribution in [2.75, 3.05) is 12.8 Å². The molecule has 9 aliphatic heterocycles. The fourth-order valence-corrected chi connectivity index (χ4v) is 17.3. The van der Waals surface area contributed by atoms with Crippen LogP contribution in [0.4, 0.5) is 0 Å². The summed E-state index contributed by atoms with van der Waals surface area (Å²) < 4.78 is 103. The summed E-state index contributed by atoms with van der Waals surface area (Å²) in [6, 6.07) is 0. The van der Waals surface area contributed by atoms with E-state index < -0.39 is 110 Å². The first-order valence-electron chi connectivity index (χ1n) is 31.7. The van der Waals surface area contributed by atoms with E-state index in [0.29, 0.717) is 51.1 Å². The molecule has 8 bridgehead atoms. The molecule has 18 unspecified atom stereocenters. The number of hydrogen-bond donors (Lipinski definition) is 0. The van der Waals surface area contributed by atoms with Gasteiger partial charge in [0.05, 0.1) is 79.2 Å². The first-order valence-corrected chi connectivity index (χ1v) is 42.3. The first kappa shape index (κ1) is 69.9. The highest BCUT2D eigenvalue weighted by Crippen LogP contribution is 2.49. The Bertz CT molecular complexity index is 2390. The molecule has 0 radical (unpaired) electrons. The zero-order valence-electron chi connectivity index (χ0n) is 54.6. The van der Waals surface area contributed by atoms with E-state index >= 15 is 4.79 Å². The number of fused-ring (bicyclic) bond motifs is 3. The predicted molar refractivity (Wildman–Crippen MR) is 338 cm³/mol. The minimum absolute atomic E-state index is 0.0111. The molecule has 0 saturated carbocycles. The summed E-state index contributed by atoms with van der Waals surface area (Å²) in [4.78, 5) is 27.8. The number of esters is 2. The summed E-state index contributed by atoms with van der Waals surface area (Å²) >= 11 is 0. The van der Waals surface area contributed by atoms with Gasteiger partial charge in [0, 0.05) is 24.9 Å². The monoisotopic (exact) mass is 1260 g/mol. The topological polar surface area (TPSA) is 170 Å². The molecule has 0 aromatic heterocycles. The average Bonchev–Trinajstić information content (AvgIpc) is 1.11. The summed E-state index contributed by atoms with van der Waals surface area (Å²) in [6.07, 6.45) is 4.04. The number of carbonyl (C=O) groups is 2. The largest absolute Gasteiger partial charge is 0.461 e. The molecule has 0 spiro atoms. The van der Waals surface area contributed by atoms with E-state index in [9.17, 15) is 13.9 Å². The summed E-state index contributed by atoms with van der Waals surface area (Å²) in [7, 11) is -7.75. The molecule has 20 heteroatoms. The quantitative estimate of drug-likeness (QED) is 0.0738. The van der Waals surface area contributed by atoms with Gasteiger partial charge in [0.15, 0.2) is 41.9 Å². The standard InChI is InChI=1S/C64H108O15P2Si3/c1-21-54(65)69-37-45-39(3)32-43-25-28-46-40(4)33-42(70-46)24-22-38(2)23-27-49(77-82(15,16)62(6,7)8)59-61(79-84(19,20)64(12,13)14)60(78-83(17,18)63(9,10)11)58-48(75-59)29-26-44(72-58)34-55(66)76-57-41(5)56-52(73-51(57)35-50(45)71-43)36-53(81-68)47(74-56)30-31-80-67/h23,27,41-44,46-53,56-61H,2,4,21-22,24-26,28-37H2,1,3,5-20H3/b27-23+. The van der Waals surface area contributed by atoms with Crippen molar-refractivity contribution in [3.8, 4) is 0 Å². The van der Waals surface area contributed by atoms with Gasteiger partial charge in [-0.1, -0.05) is 113 Å². The van der Waals surface area contributed by atoms with Gasteiger partial charge in [-0.25, -0.2) is 0 Å². The molecule has 9 aliphatic rings. The summed E-state index contributed by atoms with van der Waals surface area (Å²) in [5.41, 5.74) is 3.63. The molecule has 15 nitrogen and oxygen atoms in total. The van der Waals surface area contributed by atoms with E-state index in [4.69, 9.17) is 51.2 Å². The van der Waals surface area contributed by atoms with Crippen LogP contribution in [0, 0.1) is 5.92 Å². The number of carbonyl (C=O) groups excluding carboxylic acids is 2. The van der Waals surface area contributed by atoms with Crippen molar-refractivity contribution in [1.82, 2.24) is 0 Å². The molecule has 18 atom stereocenters. The molecule has 0 N–H and O–H groups in total. The maximum Gasteiger partial charge on any atom is 0.308 e. The number of allylic oxidation sites excluding steroid dienone is 2. The van der Waals surface area contributed by atoms with Gasteiger partial charge >= 0.3 is 11.9 Å². The third-order valence-corrected chi connectivity index (χ3v) is 35.5. The third kappa shape index (κ3) is 16.9. The summed E-state index contributed by atoms with van der Waals surface area (Å²) in [5.74, 6) is -1.11. The van der Waals surface area contributed by atoms with Crippen molar-refractivity contribution < 1.29 is 69.9 Å². The fourth-order valence-electron chi connectivity index (χ4n) is 12.5. The number of hydrogen-bond acceptors (Lipinski definition) is 15. The van der Waals surface area contributed by atoms with Crippen molar-refractivity contribution >= 4 is 53.8 Å². The van der Waals surface area contributed by atoms with Crippen LogP contribution in [-0.2, 0) is 69.9 Å². The van der Waals surface area contributed by atoms with Crippen LogP contribution in [0.15, 0.2) is 47.6 Å². The lowest BCUT2D eigenvalue weighted by atomic mass is 9.80. The lowest BCUT2D eigenvalue weighted by molar-refractivity contribution is -0.269. The predicted octanol–water partition coefficient (Wildman–Crippen LogP) is 14.9. The van der Waals surface area contributed by atoms with E-state index in [1.54, 1.807) is 6.92 Å². The van der Waals surface area contributed by atoms with Gasteiger partial charge in [-0.2, -0.15) is 0 Å². The molecule has 0 amide bonds. The zero-order chi connectivity index (χ0) is 62.1. The van der Waals surface area contributed by atoms with Crippen LogP contribution in [-0.4, -0.2) is 153 Å². The number of ether oxygens (including phenoxy) is 8. The summed E-state index contributed by atoms with van der Waals surface area (Å²) in [5, 5.41) is -0.451. The van der Waals surface area contributed by atoms with Crippen LogP contribution in [0.3, 0.4) is 0 Å². The Morgan fingerprint density at radius 3 is 1.87 bits per heavy atom. The van der Waals surface area contributed by atoms with Crippen molar-refractivity contribution in [3.63, 3.8) is 0 Å². The van der Waals surface area contributed by atoms with Gasteiger partial charge in [-0.05, 0) is 137 Å². The normalized spacial score (nSPS) is 37.0. The molecule has 84 heavy (non-hydrogen) atoms. The molecule has 5 saturated heterocycles. The maximum atomic E-state index is 15.0. The second-order valence-corrected chi connectivity index (χ2v) is 46.0. The van der Waals surface area contributed by atoms with Gasteiger partial charge < -0.3 is 51.2 Å². The van der Waals surface area contributed by atoms with Gasteiger partial charge in [-0.3, -0.25) is 18.7 Å². The highest BCUT2D eigenvalue weighted by atomic mass is 31.1. The van der Waals surface area contributed by atoms with E-state index in [1.807, 2.05) is 6.92 Å². The van der Waals surface area contributed by atoms with Crippen LogP contribution < -0.4 is 0 Å². The molecular formula is C64H108O15P2Si3. The SMILES string of the molecule is C=C1/C=C/C(O[Si](C)(C)C(C)(C)C)C2OC3CCC(CC(=O)OC4C(CC5OC(CCC6OC(CC1)CC6=C)CC(C)=C5COC(=O)CC)OC1CC(P=O)C(CCP=O)OC1C4C)OC3C(O[Si](C)(C)C(C)(C)C)C2O[Si](C)(C)C(C)(C)C. The van der Waals surface area contributed by atoms with Gasteiger partial charge in [0.1, 0.15) is 37.1 Å². The minimum Gasteiger partial charge on any atom is -0.461 e. The molecule has 5 fully saturated rings. The highest BCUT2D eigenvalue weighted by molar-refractivity contribution is 7.25. The zero-order valence-corrected chi connectivity index (χ0v) is 59.4. The van der Waals surface area contributed by atoms with Gasteiger partial charge in [-0.15, -0.1) is 0 Å². The Morgan fingerprint density at radius 2 is 1.25 bits per heavy atom. The average molecular weight is 1260 g/mol. The second kappa shape index (κ2) is 28.3. The minimum atomic E-state index is -2.59. The highest BCUT2D eigenvalue weighted by Gasteiger charge is 2.59. The van der Waals surface area contributed by atoms with Crippen molar-refractivity contribution in [3.05, 3.63) is 47.6 Å². The Hall–Kier alpha value is -1.61. The van der Waals surface area contributed by atoms with E-state index in [-0.39, 0.29) is 87.3 Å². The Balaban J connectivity index is 1.32. The van der Waals surface area contributed by atoms with E-state index in [2.05, 4.69) is 134 Å². The van der Waals surface area contributed by atoms with Crippen LogP contribution in [0.1, 0.15) is 167 Å². The maximum absolute atomic E-state index is 15.0. The van der Waals surface area contributed by atoms with Crippen LogP contribution in [0.2, 0.25) is 54.4 Å². The lowest BCUT2D eigenvalue weighted by Gasteiger charge is -2.56. The van der Waals surface area contributed by atoms with E-state index in [0.717, 1.165) is 48.0 Å². The second-order valence-electron chi connectivity index (χ2n) is 30.1. The first-order chi connectivity index (χ1) is 39.1. The summed E-state index contributed by atoms with van der Waals surface area (Å²) in [6.45, 7) is 49.1. The van der Waals surface area contributed by atoms with E-state index in [1.165, 1.54) is 0 Å². The third-order valence-electron chi connectivity index (χ3n) is 20.8. The molecule has 0 aliphatic carbocycles. The van der Waals surface area contributed by atoms with Crippen LogP contribution >= 0.6 is 16.9 Å². The molecule has 9 rings (SSSR count). The van der Waals surface area contributed by atoms with Crippen LogP contribution in [0.5, 0.6) is 0 Å². The Morgan fingerprint density at radius 1 is 0.667 bits per heavy atom. The molecular weight excluding hydrogens is 1150 g/mol. The van der Waals surface area contributed by atoms with Crippen molar-refractivity contribution in [2.45, 2.75) is 324 Å². The van der Waals surface area contributed by atoms with Crippen LogP contribution in [0.25, 0.3) is 0 Å². The lowest BCUT2D eigenvalue weighted by Crippen LogP contribution is -2.69. The molecule has 0 aromatic rings. The Labute approximate surface area is 511 Å². The van der Waals surface area contributed by atoms with Gasteiger partial charge in [0.2, 0.25) is 0 Å². The molecule has 9 heterocycles. The Kier molecular flexibility index (Phi) is 23.5. The number of rotatable bonds is 13. The fraction of sp³-hybridized carbons (Fsp3) is 0.844. The van der Waals surface area contributed by atoms with Crippen molar-refractivity contribution in [1.29, 1.82) is 0 Å².